The largest absolute Gasteiger partial charge is 0.481 e. The molecule has 1 unspecified atom stereocenters. The number of urea groups is 1. The summed E-state index contributed by atoms with van der Waals surface area (Å²) in [6, 6.07) is -1.20. The lowest BCUT2D eigenvalue weighted by Gasteiger charge is -2.22. The minimum absolute atomic E-state index is 0.206. The van der Waals surface area contributed by atoms with Gasteiger partial charge in [0.1, 0.15) is 0 Å². The number of nitrogens with zero attached hydrogens (tertiary/aromatic N) is 1. The molecule has 0 fully saturated rings. The summed E-state index contributed by atoms with van der Waals surface area (Å²) in [5.74, 6) is -1.03. The van der Waals surface area contributed by atoms with Crippen molar-refractivity contribution in [2.75, 3.05) is 13.6 Å². The number of carboxylic acid groups (broad SMARTS) is 1. The number of carbonyl (C=O) groups is 2. The maximum atomic E-state index is 12.0. The van der Waals surface area contributed by atoms with Gasteiger partial charge in [0, 0.05) is 13.1 Å². The molecule has 0 aliphatic heterocycles. The molecule has 2 amide bonds. The highest BCUT2D eigenvalue weighted by Gasteiger charge is 2.19. The molecule has 5 nitrogen and oxygen atoms in total. The average Bonchev–Trinajstić information content (AvgIpc) is 2.15. The van der Waals surface area contributed by atoms with E-state index in [1.54, 1.807) is 0 Å². The van der Waals surface area contributed by atoms with Crippen molar-refractivity contribution in [2.45, 2.75) is 38.7 Å². The molecule has 0 aromatic heterocycles. The second-order valence-corrected chi connectivity index (χ2v) is 3.80. The second-order valence-electron chi connectivity index (χ2n) is 3.80. The van der Waals surface area contributed by atoms with E-state index in [1.807, 2.05) is 6.92 Å². The van der Waals surface area contributed by atoms with Crippen molar-refractivity contribution in [3.63, 3.8) is 0 Å². The van der Waals surface area contributed by atoms with Crippen LogP contribution in [0.15, 0.2) is 0 Å². The van der Waals surface area contributed by atoms with E-state index in [2.05, 4.69) is 5.32 Å². The number of alkyl halides is 2. The molecule has 0 aromatic rings. The van der Waals surface area contributed by atoms with Gasteiger partial charge in [0.25, 0.3) is 6.43 Å². The summed E-state index contributed by atoms with van der Waals surface area (Å²) in [4.78, 5) is 22.8. The number of carbonyl (C=O) groups excluding carboxylic acids is 1. The first-order valence-electron chi connectivity index (χ1n) is 5.38. The lowest BCUT2D eigenvalue weighted by Crippen LogP contribution is -2.45. The van der Waals surface area contributed by atoms with Crippen LogP contribution >= 0.6 is 0 Å². The summed E-state index contributed by atoms with van der Waals surface area (Å²) in [6.07, 6.45) is -1.60. The van der Waals surface area contributed by atoms with Crippen LogP contribution in [0.5, 0.6) is 0 Å². The van der Waals surface area contributed by atoms with Crippen molar-refractivity contribution in [1.82, 2.24) is 10.2 Å². The molecule has 7 heteroatoms. The highest BCUT2D eigenvalue weighted by atomic mass is 19.3. The van der Waals surface area contributed by atoms with Gasteiger partial charge in [0.05, 0.1) is 13.0 Å². The minimum atomic E-state index is -2.60. The maximum Gasteiger partial charge on any atom is 0.317 e. The molecule has 0 spiro atoms. The fraction of sp³-hybridized carbons (Fsp3) is 0.800. The Bertz CT molecular complexity index is 262. The molecule has 1 atom stereocenters. The van der Waals surface area contributed by atoms with Crippen LogP contribution in [-0.2, 0) is 4.79 Å². The van der Waals surface area contributed by atoms with Gasteiger partial charge in [-0.2, -0.15) is 0 Å². The first kappa shape index (κ1) is 15.6. The molecule has 0 saturated carbocycles. The highest BCUT2D eigenvalue weighted by molar-refractivity contribution is 5.75. The Morgan fingerprint density at radius 3 is 2.41 bits per heavy atom. The molecule has 0 aliphatic rings. The summed E-state index contributed by atoms with van der Waals surface area (Å²) >= 11 is 0. The van der Waals surface area contributed by atoms with Crippen molar-refractivity contribution in [3.05, 3.63) is 0 Å². The molecule has 2 N–H and O–H groups in total. The molecule has 0 saturated heterocycles. The Balaban J connectivity index is 4.23. The lowest BCUT2D eigenvalue weighted by molar-refractivity contribution is -0.137. The molecule has 0 bridgehead atoms. The van der Waals surface area contributed by atoms with Crippen molar-refractivity contribution in [3.8, 4) is 0 Å². The Labute approximate surface area is 98.8 Å². The van der Waals surface area contributed by atoms with Crippen molar-refractivity contribution >= 4 is 12.0 Å². The number of rotatable bonds is 7. The first-order valence-corrected chi connectivity index (χ1v) is 5.38. The van der Waals surface area contributed by atoms with Crippen LogP contribution < -0.4 is 5.32 Å². The van der Waals surface area contributed by atoms with Crippen LogP contribution in [0, 0.1) is 0 Å². The zero-order valence-corrected chi connectivity index (χ0v) is 9.95. The number of amides is 2. The minimum Gasteiger partial charge on any atom is -0.481 e. The predicted octanol–water partition coefficient (Wildman–Crippen LogP) is 1.54. The molecule has 0 aliphatic carbocycles. The van der Waals surface area contributed by atoms with E-state index >= 15 is 0 Å². The van der Waals surface area contributed by atoms with Gasteiger partial charge < -0.3 is 15.3 Å². The third-order valence-electron chi connectivity index (χ3n) is 2.14. The summed E-state index contributed by atoms with van der Waals surface area (Å²) < 4.78 is 24.1. The maximum absolute atomic E-state index is 12.0. The predicted molar refractivity (Wildman–Crippen MR) is 58.1 cm³/mol. The summed E-state index contributed by atoms with van der Waals surface area (Å²) in [6.45, 7) is 1.18. The molecule has 100 valence electrons. The molecular formula is C10H18F2N2O3. The monoisotopic (exact) mass is 252 g/mol. The standard InChI is InChI=1S/C10H18F2N2O3/c1-3-4-7(5-9(15)16)13-10(17)14(2)6-8(11)12/h7-8H,3-6H2,1-2H3,(H,13,17)(H,15,16). The van der Waals surface area contributed by atoms with Crippen molar-refractivity contribution in [1.29, 1.82) is 0 Å². The quantitative estimate of drug-likeness (QED) is 0.722. The first-order chi connectivity index (χ1) is 7.86. The van der Waals surface area contributed by atoms with Gasteiger partial charge in [-0.05, 0) is 6.42 Å². The zero-order chi connectivity index (χ0) is 13.4. The molecule has 0 radical (unpaired) electrons. The summed E-state index contributed by atoms with van der Waals surface area (Å²) in [5.41, 5.74) is 0. The summed E-state index contributed by atoms with van der Waals surface area (Å²) in [5, 5.41) is 11.0. The Morgan fingerprint density at radius 2 is 2.00 bits per heavy atom. The average molecular weight is 252 g/mol. The van der Waals surface area contributed by atoms with Gasteiger partial charge in [0.15, 0.2) is 0 Å². The number of aliphatic carboxylic acids is 1. The van der Waals surface area contributed by atoms with Gasteiger partial charge in [-0.1, -0.05) is 13.3 Å². The third-order valence-corrected chi connectivity index (χ3v) is 2.14. The smallest absolute Gasteiger partial charge is 0.317 e. The van der Waals surface area contributed by atoms with Gasteiger partial charge >= 0.3 is 12.0 Å². The SMILES string of the molecule is CCCC(CC(=O)O)NC(=O)N(C)CC(F)F. The molecule has 17 heavy (non-hydrogen) atoms. The summed E-state index contributed by atoms with van der Waals surface area (Å²) in [7, 11) is 1.24. The molecule has 0 rings (SSSR count). The van der Waals surface area contributed by atoms with Crippen LogP contribution in [0.2, 0.25) is 0 Å². The van der Waals surface area contributed by atoms with E-state index in [0.717, 1.165) is 4.90 Å². The van der Waals surface area contributed by atoms with Crippen molar-refractivity contribution in [2.24, 2.45) is 0 Å². The number of halogens is 2. The van der Waals surface area contributed by atoms with E-state index in [9.17, 15) is 18.4 Å². The van der Waals surface area contributed by atoms with E-state index in [-0.39, 0.29) is 6.42 Å². The topological polar surface area (TPSA) is 69.6 Å². The van der Waals surface area contributed by atoms with Crippen molar-refractivity contribution < 1.29 is 23.5 Å². The fourth-order valence-electron chi connectivity index (χ4n) is 1.36. The third kappa shape index (κ3) is 7.48. The van der Waals surface area contributed by atoms with Gasteiger partial charge in [0.2, 0.25) is 0 Å². The molecule has 0 aromatic carbocycles. The van der Waals surface area contributed by atoms with Crippen LogP contribution in [0.3, 0.4) is 0 Å². The van der Waals surface area contributed by atoms with Crippen LogP contribution in [-0.4, -0.2) is 48.1 Å². The molecule has 0 heterocycles. The zero-order valence-electron chi connectivity index (χ0n) is 9.95. The van der Waals surface area contributed by atoms with Crippen LogP contribution in [0.1, 0.15) is 26.2 Å². The number of hydrogen-bond donors (Lipinski definition) is 2. The number of nitrogens with one attached hydrogen (secondary N) is 1. The van der Waals surface area contributed by atoms with E-state index in [1.165, 1.54) is 7.05 Å². The van der Waals surface area contributed by atoms with E-state index < -0.39 is 31.0 Å². The van der Waals surface area contributed by atoms with E-state index in [4.69, 9.17) is 5.11 Å². The van der Waals surface area contributed by atoms with Crippen LogP contribution in [0.25, 0.3) is 0 Å². The Kier molecular flexibility index (Phi) is 7.16. The Morgan fingerprint density at radius 1 is 1.41 bits per heavy atom. The Hall–Kier alpha value is -1.40. The van der Waals surface area contributed by atoms with E-state index in [0.29, 0.717) is 12.8 Å². The normalized spacial score (nSPS) is 12.3. The van der Waals surface area contributed by atoms with Crippen LogP contribution in [0.4, 0.5) is 13.6 Å². The number of carboxylic acids is 1. The molecular weight excluding hydrogens is 234 g/mol. The van der Waals surface area contributed by atoms with Gasteiger partial charge in [-0.15, -0.1) is 0 Å². The fourth-order valence-corrected chi connectivity index (χ4v) is 1.36. The highest BCUT2D eigenvalue weighted by Crippen LogP contribution is 2.03. The number of hydrogen-bond acceptors (Lipinski definition) is 2. The second kappa shape index (κ2) is 7.81. The van der Waals surface area contributed by atoms with Gasteiger partial charge in [-0.25, -0.2) is 13.6 Å². The lowest BCUT2D eigenvalue weighted by atomic mass is 10.1. The van der Waals surface area contributed by atoms with Gasteiger partial charge in [-0.3, -0.25) is 4.79 Å².